The second-order valence-electron chi connectivity index (χ2n) is 3.95. The Morgan fingerprint density at radius 3 is 2.80 bits per heavy atom. The Morgan fingerprint density at radius 2 is 2.10 bits per heavy atom. The summed E-state index contributed by atoms with van der Waals surface area (Å²) in [4.78, 5) is 40.0. The van der Waals surface area contributed by atoms with Crippen molar-refractivity contribution in [3.05, 3.63) is 63.8 Å². The number of nitrogens with zero attached hydrogens (tertiary/aromatic N) is 1. The Hall–Kier alpha value is -2.96. The minimum Gasteiger partial charge on any atom is -0.478 e. The van der Waals surface area contributed by atoms with E-state index in [1.54, 1.807) is 0 Å². The van der Waals surface area contributed by atoms with Crippen molar-refractivity contribution < 1.29 is 14.7 Å². The number of hydrogen-bond acceptors (Lipinski definition) is 4. The van der Waals surface area contributed by atoms with Crippen LogP contribution in [0.3, 0.4) is 0 Å². The number of carboxylic acid groups (broad SMARTS) is 1. The van der Waals surface area contributed by atoms with Crippen LogP contribution in [0.2, 0.25) is 0 Å². The lowest BCUT2D eigenvalue weighted by Crippen LogP contribution is -2.26. The van der Waals surface area contributed by atoms with Crippen molar-refractivity contribution in [1.29, 1.82) is 0 Å². The van der Waals surface area contributed by atoms with E-state index in [1.807, 2.05) is 0 Å². The fourth-order valence-electron chi connectivity index (χ4n) is 1.55. The zero-order valence-electron chi connectivity index (χ0n) is 10.3. The molecule has 0 aliphatic rings. The molecule has 0 unspecified atom stereocenters. The van der Waals surface area contributed by atoms with Crippen LogP contribution in [0.25, 0.3) is 0 Å². The molecule has 7 heteroatoms. The first-order valence-corrected chi connectivity index (χ1v) is 5.72. The molecule has 0 aliphatic heterocycles. The predicted octanol–water partition coefficient (Wildman–Crippen LogP) is 0.398. The highest BCUT2D eigenvalue weighted by Crippen LogP contribution is 2.02. The van der Waals surface area contributed by atoms with Gasteiger partial charge in [0, 0.05) is 12.3 Å². The first kappa shape index (κ1) is 13.5. The van der Waals surface area contributed by atoms with E-state index in [4.69, 9.17) is 5.11 Å². The Bertz CT molecular complexity index is 709. The Kier molecular flexibility index (Phi) is 3.90. The van der Waals surface area contributed by atoms with Crippen LogP contribution in [-0.4, -0.2) is 27.0 Å². The van der Waals surface area contributed by atoms with Crippen LogP contribution in [0.15, 0.2) is 41.3 Å². The minimum absolute atomic E-state index is 0.0663. The topological polar surface area (TPSA) is 112 Å². The predicted molar refractivity (Wildman–Crippen MR) is 69.4 cm³/mol. The maximum absolute atomic E-state index is 11.8. The van der Waals surface area contributed by atoms with Gasteiger partial charge >= 0.3 is 5.97 Å². The van der Waals surface area contributed by atoms with Gasteiger partial charge in [-0.05, 0) is 18.2 Å². The van der Waals surface area contributed by atoms with Gasteiger partial charge < -0.3 is 15.4 Å². The molecule has 20 heavy (non-hydrogen) atoms. The van der Waals surface area contributed by atoms with Crippen molar-refractivity contribution in [3.63, 3.8) is 0 Å². The molecule has 1 amide bonds. The first-order chi connectivity index (χ1) is 9.56. The molecular weight excluding hydrogens is 262 g/mol. The lowest BCUT2D eigenvalue weighted by Gasteiger charge is -2.05. The quantitative estimate of drug-likeness (QED) is 0.746. The van der Waals surface area contributed by atoms with E-state index in [1.165, 1.54) is 36.5 Å². The molecule has 2 heterocycles. The average molecular weight is 273 g/mol. The molecule has 2 aromatic heterocycles. The fourth-order valence-corrected chi connectivity index (χ4v) is 1.55. The molecule has 0 saturated carbocycles. The van der Waals surface area contributed by atoms with Crippen molar-refractivity contribution in [2.24, 2.45) is 0 Å². The van der Waals surface area contributed by atoms with Crippen molar-refractivity contribution >= 4 is 11.9 Å². The highest BCUT2D eigenvalue weighted by molar-refractivity contribution is 5.92. The molecule has 0 fully saturated rings. The molecule has 0 radical (unpaired) electrons. The third-order valence-electron chi connectivity index (χ3n) is 2.51. The number of carbonyl (C=O) groups is 2. The summed E-state index contributed by atoms with van der Waals surface area (Å²) in [6, 6.07) is 6.97. The van der Waals surface area contributed by atoms with Crippen LogP contribution in [0.1, 0.15) is 26.5 Å². The third-order valence-corrected chi connectivity index (χ3v) is 2.51. The number of H-pyrrole nitrogens is 1. The van der Waals surface area contributed by atoms with Gasteiger partial charge in [-0.2, -0.15) is 0 Å². The summed E-state index contributed by atoms with van der Waals surface area (Å²) in [5.41, 5.74) is 0.268. The molecule has 2 aromatic rings. The SMILES string of the molecule is O=C(O)c1ccnc(CNC(=O)c2cccc(=O)[nH]2)c1. The van der Waals surface area contributed by atoms with Crippen molar-refractivity contribution in [2.75, 3.05) is 0 Å². The number of aromatic nitrogens is 2. The summed E-state index contributed by atoms with van der Waals surface area (Å²) in [6.45, 7) is 0.0663. The van der Waals surface area contributed by atoms with Gasteiger partial charge in [-0.15, -0.1) is 0 Å². The number of aromatic carboxylic acids is 1. The standard InChI is InChI=1S/C13H11N3O4/c17-11-3-1-2-10(16-11)12(18)15-7-9-6-8(13(19)20)4-5-14-9/h1-6H,7H2,(H,15,18)(H,16,17)(H,19,20). The highest BCUT2D eigenvalue weighted by Gasteiger charge is 2.08. The monoisotopic (exact) mass is 273 g/mol. The van der Waals surface area contributed by atoms with E-state index in [9.17, 15) is 14.4 Å². The first-order valence-electron chi connectivity index (χ1n) is 5.72. The molecule has 102 valence electrons. The molecule has 0 spiro atoms. The van der Waals surface area contributed by atoms with Gasteiger partial charge in [0.2, 0.25) is 5.56 Å². The summed E-state index contributed by atoms with van der Waals surface area (Å²) < 4.78 is 0. The molecule has 0 saturated heterocycles. The summed E-state index contributed by atoms with van der Waals surface area (Å²) in [5.74, 6) is -1.53. The van der Waals surface area contributed by atoms with Crippen LogP contribution < -0.4 is 10.9 Å². The Balaban J connectivity index is 2.05. The van der Waals surface area contributed by atoms with Crippen molar-refractivity contribution in [3.8, 4) is 0 Å². The molecule has 0 bridgehead atoms. The van der Waals surface area contributed by atoms with Crippen LogP contribution in [-0.2, 0) is 6.54 Å². The number of carbonyl (C=O) groups excluding carboxylic acids is 1. The van der Waals surface area contributed by atoms with Gasteiger partial charge in [-0.1, -0.05) is 6.07 Å². The Morgan fingerprint density at radius 1 is 1.30 bits per heavy atom. The largest absolute Gasteiger partial charge is 0.478 e. The summed E-state index contributed by atoms with van der Waals surface area (Å²) in [5, 5.41) is 11.4. The summed E-state index contributed by atoms with van der Waals surface area (Å²) >= 11 is 0. The number of rotatable bonds is 4. The Labute approximate surface area is 113 Å². The number of amides is 1. The van der Waals surface area contributed by atoms with E-state index in [2.05, 4.69) is 15.3 Å². The van der Waals surface area contributed by atoms with Crippen LogP contribution >= 0.6 is 0 Å². The molecule has 0 aromatic carbocycles. The summed E-state index contributed by atoms with van der Waals surface area (Å²) in [6.07, 6.45) is 1.36. The molecule has 2 rings (SSSR count). The number of pyridine rings is 2. The van der Waals surface area contributed by atoms with Gasteiger partial charge in [0.05, 0.1) is 17.8 Å². The lowest BCUT2D eigenvalue weighted by molar-refractivity contribution is 0.0696. The van der Waals surface area contributed by atoms with E-state index in [-0.39, 0.29) is 23.4 Å². The molecule has 3 N–H and O–H groups in total. The molecular formula is C13H11N3O4. The smallest absolute Gasteiger partial charge is 0.335 e. The van der Waals surface area contributed by atoms with Crippen LogP contribution in [0, 0.1) is 0 Å². The van der Waals surface area contributed by atoms with Crippen molar-refractivity contribution in [2.45, 2.75) is 6.54 Å². The van der Waals surface area contributed by atoms with Gasteiger partial charge in [0.15, 0.2) is 0 Å². The van der Waals surface area contributed by atoms with Gasteiger partial charge in [0.25, 0.3) is 5.91 Å². The van der Waals surface area contributed by atoms with E-state index in [0.29, 0.717) is 5.69 Å². The van der Waals surface area contributed by atoms with E-state index in [0.717, 1.165) is 0 Å². The zero-order valence-corrected chi connectivity index (χ0v) is 10.3. The maximum Gasteiger partial charge on any atom is 0.335 e. The molecule has 0 aliphatic carbocycles. The van der Waals surface area contributed by atoms with Crippen LogP contribution in [0.5, 0.6) is 0 Å². The highest BCUT2D eigenvalue weighted by atomic mass is 16.4. The van der Waals surface area contributed by atoms with Crippen molar-refractivity contribution in [1.82, 2.24) is 15.3 Å². The lowest BCUT2D eigenvalue weighted by atomic mass is 10.2. The van der Waals surface area contributed by atoms with Gasteiger partial charge in [-0.3, -0.25) is 14.6 Å². The number of hydrogen-bond donors (Lipinski definition) is 3. The van der Waals surface area contributed by atoms with Crippen LogP contribution in [0.4, 0.5) is 0 Å². The average Bonchev–Trinajstić information content (AvgIpc) is 2.45. The third kappa shape index (κ3) is 3.29. The van der Waals surface area contributed by atoms with E-state index < -0.39 is 11.9 Å². The maximum atomic E-state index is 11.8. The number of carboxylic acids is 1. The zero-order chi connectivity index (χ0) is 14.5. The van der Waals surface area contributed by atoms with Gasteiger partial charge in [0.1, 0.15) is 5.69 Å². The molecule has 7 nitrogen and oxygen atoms in total. The number of aromatic amines is 1. The molecule has 0 atom stereocenters. The second kappa shape index (κ2) is 5.79. The summed E-state index contributed by atoms with van der Waals surface area (Å²) in [7, 11) is 0. The minimum atomic E-state index is -1.06. The second-order valence-corrected chi connectivity index (χ2v) is 3.95. The van der Waals surface area contributed by atoms with E-state index >= 15 is 0 Å². The fraction of sp³-hybridized carbons (Fsp3) is 0.0769. The normalized spacial score (nSPS) is 10.0. The van der Waals surface area contributed by atoms with Gasteiger partial charge in [-0.25, -0.2) is 4.79 Å². The number of nitrogens with one attached hydrogen (secondary N) is 2.